The number of thioether (sulfide) groups is 1. The molecule has 0 aromatic heterocycles. The zero-order valence-corrected chi connectivity index (χ0v) is 14.4. The van der Waals surface area contributed by atoms with E-state index >= 15 is 0 Å². The maximum atomic E-state index is 12.7. The molecular weight excluding hydrogens is 323 g/mol. The Bertz CT molecular complexity index is 490. The van der Waals surface area contributed by atoms with Crippen LogP contribution in [0.1, 0.15) is 30.9 Å². The van der Waals surface area contributed by atoms with Crippen LogP contribution in [0.3, 0.4) is 0 Å². The predicted molar refractivity (Wildman–Crippen MR) is 91.9 cm³/mol. The first-order valence-electron chi connectivity index (χ1n) is 7.64. The van der Waals surface area contributed by atoms with Gasteiger partial charge in [0.15, 0.2) is 5.96 Å². The number of rotatable bonds is 8. The van der Waals surface area contributed by atoms with Crippen LogP contribution in [0, 0.1) is 0 Å². The van der Waals surface area contributed by atoms with E-state index in [1.165, 1.54) is 6.07 Å². The molecule has 0 bridgehead atoms. The SMILES string of the molecule is CCNC(=NCc1cccc(C(F)(F)F)c1)NCCCCSC. The van der Waals surface area contributed by atoms with Crippen LogP contribution in [-0.2, 0) is 12.7 Å². The number of alkyl halides is 3. The van der Waals surface area contributed by atoms with E-state index in [0.717, 1.165) is 37.3 Å². The zero-order chi connectivity index (χ0) is 17.1. The summed E-state index contributed by atoms with van der Waals surface area (Å²) in [5.41, 5.74) is -0.0976. The largest absolute Gasteiger partial charge is 0.416 e. The highest BCUT2D eigenvalue weighted by Gasteiger charge is 2.30. The number of unbranched alkanes of at least 4 members (excludes halogenated alkanes) is 1. The fourth-order valence-corrected chi connectivity index (χ4v) is 2.43. The van der Waals surface area contributed by atoms with E-state index in [2.05, 4.69) is 21.9 Å². The Morgan fingerprint density at radius 2 is 2.00 bits per heavy atom. The van der Waals surface area contributed by atoms with E-state index in [9.17, 15) is 13.2 Å². The molecule has 0 atom stereocenters. The van der Waals surface area contributed by atoms with Gasteiger partial charge in [-0.05, 0) is 49.5 Å². The standard InChI is InChI=1S/C16H24F3N3S/c1-3-20-15(21-9-4-5-10-23-2)22-12-13-7-6-8-14(11-13)16(17,18)19/h6-8,11H,3-5,9-10,12H2,1-2H3,(H2,20,21,22). The summed E-state index contributed by atoms with van der Waals surface area (Å²) in [6.07, 6.45) is -0.0796. The van der Waals surface area contributed by atoms with E-state index in [-0.39, 0.29) is 6.54 Å². The molecule has 0 spiro atoms. The summed E-state index contributed by atoms with van der Waals surface area (Å²) in [4.78, 5) is 4.35. The Labute approximate surface area is 140 Å². The van der Waals surface area contributed by atoms with Crippen molar-refractivity contribution in [3.8, 4) is 0 Å². The van der Waals surface area contributed by atoms with E-state index < -0.39 is 11.7 Å². The first-order chi connectivity index (χ1) is 11.0. The molecule has 2 N–H and O–H groups in total. The number of hydrogen-bond donors (Lipinski definition) is 2. The molecule has 0 aliphatic rings. The van der Waals surface area contributed by atoms with Crippen molar-refractivity contribution in [1.82, 2.24) is 10.6 Å². The van der Waals surface area contributed by atoms with Crippen LogP contribution < -0.4 is 10.6 Å². The van der Waals surface area contributed by atoms with E-state index in [1.54, 1.807) is 6.07 Å². The molecule has 0 saturated heterocycles. The lowest BCUT2D eigenvalue weighted by Gasteiger charge is -2.12. The van der Waals surface area contributed by atoms with Crippen molar-refractivity contribution in [1.29, 1.82) is 0 Å². The summed E-state index contributed by atoms with van der Waals surface area (Å²) in [6.45, 7) is 3.67. The molecule has 1 aromatic rings. The Kier molecular flexibility index (Phi) is 8.91. The highest BCUT2D eigenvalue weighted by atomic mass is 32.2. The van der Waals surface area contributed by atoms with Gasteiger partial charge in [0, 0.05) is 13.1 Å². The highest BCUT2D eigenvalue weighted by molar-refractivity contribution is 7.98. The van der Waals surface area contributed by atoms with Gasteiger partial charge in [-0.2, -0.15) is 24.9 Å². The number of guanidine groups is 1. The van der Waals surface area contributed by atoms with Gasteiger partial charge >= 0.3 is 6.18 Å². The number of halogens is 3. The molecule has 7 heteroatoms. The second kappa shape index (κ2) is 10.4. The van der Waals surface area contributed by atoms with Crippen molar-refractivity contribution in [3.63, 3.8) is 0 Å². The third kappa shape index (κ3) is 8.16. The van der Waals surface area contributed by atoms with Crippen molar-refractivity contribution in [2.75, 3.05) is 25.1 Å². The lowest BCUT2D eigenvalue weighted by Crippen LogP contribution is -2.37. The number of aliphatic imine (C=N–C) groups is 1. The Morgan fingerprint density at radius 3 is 2.65 bits per heavy atom. The maximum absolute atomic E-state index is 12.7. The number of nitrogens with one attached hydrogen (secondary N) is 2. The van der Waals surface area contributed by atoms with Crippen LogP contribution in [0.5, 0.6) is 0 Å². The molecule has 1 rings (SSSR count). The van der Waals surface area contributed by atoms with Gasteiger partial charge < -0.3 is 10.6 Å². The van der Waals surface area contributed by atoms with Crippen LogP contribution in [-0.4, -0.2) is 31.1 Å². The average molecular weight is 347 g/mol. The van der Waals surface area contributed by atoms with Crippen LogP contribution in [0.25, 0.3) is 0 Å². The Balaban J connectivity index is 2.59. The van der Waals surface area contributed by atoms with Crippen molar-refractivity contribution in [2.24, 2.45) is 4.99 Å². The topological polar surface area (TPSA) is 36.4 Å². The second-order valence-electron chi connectivity index (χ2n) is 5.02. The van der Waals surface area contributed by atoms with Crippen LogP contribution >= 0.6 is 11.8 Å². The molecule has 0 saturated carbocycles. The number of benzene rings is 1. The monoisotopic (exact) mass is 347 g/mol. The van der Waals surface area contributed by atoms with Crippen LogP contribution in [0.15, 0.2) is 29.3 Å². The minimum Gasteiger partial charge on any atom is -0.357 e. The van der Waals surface area contributed by atoms with Crippen LogP contribution in [0.4, 0.5) is 13.2 Å². The van der Waals surface area contributed by atoms with Crippen molar-refractivity contribution in [3.05, 3.63) is 35.4 Å². The summed E-state index contributed by atoms with van der Waals surface area (Å²) in [6, 6.07) is 5.28. The lowest BCUT2D eigenvalue weighted by atomic mass is 10.1. The lowest BCUT2D eigenvalue weighted by molar-refractivity contribution is -0.137. The number of hydrogen-bond acceptors (Lipinski definition) is 2. The van der Waals surface area contributed by atoms with Crippen molar-refractivity contribution < 1.29 is 13.2 Å². The van der Waals surface area contributed by atoms with Gasteiger partial charge in [-0.15, -0.1) is 0 Å². The summed E-state index contributed by atoms with van der Waals surface area (Å²) in [5.74, 6) is 1.76. The minimum absolute atomic E-state index is 0.212. The quantitative estimate of drug-likeness (QED) is 0.425. The minimum atomic E-state index is -4.32. The third-order valence-corrected chi connectivity index (χ3v) is 3.78. The summed E-state index contributed by atoms with van der Waals surface area (Å²) < 4.78 is 38.1. The van der Waals surface area contributed by atoms with Crippen molar-refractivity contribution in [2.45, 2.75) is 32.5 Å². The van der Waals surface area contributed by atoms with E-state index in [0.29, 0.717) is 18.1 Å². The fraction of sp³-hybridized carbons (Fsp3) is 0.562. The van der Waals surface area contributed by atoms with Gasteiger partial charge in [0.1, 0.15) is 0 Å². The van der Waals surface area contributed by atoms with Gasteiger partial charge in [-0.25, -0.2) is 4.99 Å². The van der Waals surface area contributed by atoms with Gasteiger partial charge in [-0.3, -0.25) is 0 Å². The predicted octanol–water partition coefficient (Wildman–Crippen LogP) is 3.90. The fourth-order valence-electron chi connectivity index (χ4n) is 1.94. The zero-order valence-electron chi connectivity index (χ0n) is 13.5. The van der Waals surface area contributed by atoms with E-state index in [4.69, 9.17) is 0 Å². The van der Waals surface area contributed by atoms with Gasteiger partial charge in [-0.1, -0.05) is 12.1 Å². The summed E-state index contributed by atoms with van der Waals surface area (Å²) in [7, 11) is 0. The summed E-state index contributed by atoms with van der Waals surface area (Å²) in [5, 5.41) is 6.30. The molecule has 130 valence electrons. The first kappa shape index (κ1) is 19.7. The normalized spacial score (nSPS) is 12.3. The number of nitrogens with zero attached hydrogens (tertiary/aromatic N) is 1. The molecule has 3 nitrogen and oxygen atoms in total. The third-order valence-electron chi connectivity index (χ3n) is 3.09. The molecule has 0 radical (unpaired) electrons. The Hall–Kier alpha value is -1.37. The van der Waals surface area contributed by atoms with E-state index in [1.807, 2.05) is 18.7 Å². The Morgan fingerprint density at radius 1 is 1.22 bits per heavy atom. The molecule has 23 heavy (non-hydrogen) atoms. The van der Waals surface area contributed by atoms with Gasteiger partial charge in [0.2, 0.25) is 0 Å². The molecule has 0 heterocycles. The highest BCUT2D eigenvalue weighted by Crippen LogP contribution is 2.29. The van der Waals surface area contributed by atoms with Gasteiger partial charge in [0.05, 0.1) is 12.1 Å². The van der Waals surface area contributed by atoms with Crippen LogP contribution in [0.2, 0.25) is 0 Å². The smallest absolute Gasteiger partial charge is 0.357 e. The second-order valence-corrected chi connectivity index (χ2v) is 6.01. The molecule has 0 aliphatic heterocycles. The molecule has 0 amide bonds. The molecule has 1 aromatic carbocycles. The van der Waals surface area contributed by atoms with Gasteiger partial charge in [0.25, 0.3) is 0 Å². The van der Waals surface area contributed by atoms with Crippen molar-refractivity contribution >= 4 is 17.7 Å². The molecule has 0 fully saturated rings. The molecule has 0 unspecified atom stereocenters. The summed E-state index contributed by atoms with van der Waals surface area (Å²) >= 11 is 1.82. The molecular formula is C16H24F3N3S. The maximum Gasteiger partial charge on any atom is 0.416 e. The average Bonchev–Trinajstić information content (AvgIpc) is 2.52. The first-order valence-corrected chi connectivity index (χ1v) is 9.04. The molecule has 0 aliphatic carbocycles.